The van der Waals surface area contributed by atoms with E-state index in [1.165, 1.54) is 18.9 Å². The van der Waals surface area contributed by atoms with E-state index in [4.69, 9.17) is 11.6 Å². The fraction of sp³-hybridized carbons (Fsp3) is 0.538. The predicted molar refractivity (Wildman–Crippen MR) is 66.5 cm³/mol. The lowest BCUT2D eigenvalue weighted by molar-refractivity contribution is 0.349. The van der Waals surface area contributed by atoms with Crippen LogP contribution < -0.4 is 5.32 Å². The van der Waals surface area contributed by atoms with Crippen molar-refractivity contribution in [1.29, 1.82) is 0 Å². The van der Waals surface area contributed by atoms with E-state index in [9.17, 15) is 4.39 Å². The third kappa shape index (κ3) is 2.32. The summed E-state index contributed by atoms with van der Waals surface area (Å²) in [5.41, 5.74) is 0.802. The van der Waals surface area contributed by atoms with Gasteiger partial charge in [-0.2, -0.15) is 0 Å². The molecule has 16 heavy (non-hydrogen) atoms. The Bertz CT molecular complexity index is 390. The van der Waals surface area contributed by atoms with E-state index in [1.54, 1.807) is 12.1 Å². The second-order valence-corrected chi connectivity index (χ2v) is 5.64. The molecule has 0 heterocycles. The molecule has 1 aliphatic carbocycles. The van der Waals surface area contributed by atoms with Gasteiger partial charge in [0.15, 0.2) is 0 Å². The van der Waals surface area contributed by atoms with Gasteiger partial charge in [0.1, 0.15) is 5.82 Å². The molecule has 1 nitrogen and oxygen atoms in total. The van der Waals surface area contributed by atoms with Gasteiger partial charge in [-0.15, -0.1) is 0 Å². The third-order valence-corrected chi connectivity index (χ3v) is 3.75. The molecule has 2 rings (SSSR count). The van der Waals surface area contributed by atoms with Gasteiger partial charge in [-0.3, -0.25) is 0 Å². The summed E-state index contributed by atoms with van der Waals surface area (Å²) in [4.78, 5) is 0. The van der Waals surface area contributed by atoms with Crippen molar-refractivity contribution in [2.75, 3.05) is 5.32 Å². The Morgan fingerprint density at radius 1 is 1.44 bits per heavy atom. The summed E-state index contributed by atoms with van der Waals surface area (Å²) >= 11 is 5.72. The third-order valence-electron chi connectivity index (χ3n) is 3.52. The minimum absolute atomic E-state index is 0.242. The van der Waals surface area contributed by atoms with Crippen molar-refractivity contribution >= 4 is 17.3 Å². The summed E-state index contributed by atoms with van der Waals surface area (Å²) in [5.74, 6) is -0.268. The van der Waals surface area contributed by atoms with E-state index in [-0.39, 0.29) is 11.2 Å². The van der Waals surface area contributed by atoms with Crippen LogP contribution in [-0.2, 0) is 0 Å². The van der Waals surface area contributed by atoms with Gasteiger partial charge in [-0.25, -0.2) is 4.39 Å². The average Bonchev–Trinajstić information content (AvgIpc) is 2.50. The van der Waals surface area contributed by atoms with Crippen LogP contribution in [0.1, 0.15) is 33.1 Å². The molecule has 0 spiro atoms. The zero-order valence-electron chi connectivity index (χ0n) is 9.69. The van der Waals surface area contributed by atoms with Gasteiger partial charge in [0.2, 0.25) is 0 Å². The maximum atomic E-state index is 13.6. The molecule has 1 aromatic carbocycles. The van der Waals surface area contributed by atoms with Crippen LogP contribution in [0.15, 0.2) is 18.2 Å². The van der Waals surface area contributed by atoms with E-state index in [0.29, 0.717) is 16.8 Å². The molecule has 1 atom stereocenters. The fourth-order valence-corrected chi connectivity index (χ4v) is 2.55. The van der Waals surface area contributed by atoms with Crippen molar-refractivity contribution in [2.45, 2.75) is 39.2 Å². The fourth-order valence-electron chi connectivity index (χ4n) is 2.39. The van der Waals surface area contributed by atoms with E-state index >= 15 is 0 Å². The minimum Gasteiger partial charge on any atom is -0.379 e. The number of halogens is 2. The number of anilines is 1. The van der Waals surface area contributed by atoms with Crippen LogP contribution in [0.4, 0.5) is 10.1 Å². The summed E-state index contributed by atoms with van der Waals surface area (Å²) in [6.07, 6.45) is 3.51. The molecule has 0 radical (unpaired) electrons. The molecule has 0 amide bonds. The minimum atomic E-state index is -0.268. The normalized spacial score (nSPS) is 23.4. The molecule has 1 unspecified atom stereocenters. The summed E-state index contributed by atoms with van der Waals surface area (Å²) in [6.45, 7) is 4.46. The van der Waals surface area contributed by atoms with E-state index in [1.807, 2.05) is 0 Å². The Hall–Kier alpha value is -0.760. The molecule has 0 aliphatic heterocycles. The number of rotatable bonds is 2. The Kier molecular flexibility index (Phi) is 3.11. The largest absolute Gasteiger partial charge is 0.379 e. The molecule has 0 bridgehead atoms. The van der Waals surface area contributed by atoms with Crippen molar-refractivity contribution in [3.05, 3.63) is 29.0 Å². The topological polar surface area (TPSA) is 12.0 Å². The highest BCUT2D eigenvalue weighted by Crippen LogP contribution is 2.39. The van der Waals surface area contributed by atoms with Crippen molar-refractivity contribution in [3.8, 4) is 0 Å². The summed E-state index contributed by atoms with van der Waals surface area (Å²) in [5, 5.41) is 3.73. The lowest BCUT2D eigenvalue weighted by Gasteiger charge is -2.28. The summed E-state index contributed by atoms with van der Waals surface area (Å²) in [7, 11) is 0. The number of benzene rings is 1. The highest BCUT2D eigenvalue weighted by atomic mass is 35.5. The van der Waals surface area contributed by atoms with Crippen LogP contribution in [0.25, 0.3) is 0 Å². The number of hydrogen-bond acceptors (Lipinski definition) is 1. The Morgan fingerprint density at radius 2 is 2.19 bits per heavy atom. The van der Waals surface area contributed by atoms with Crippen molar-refractivity contribution in [2.24, 2.45) is 5.41 Å². The van der Waals surface area contributed by atoms with Gasteiger partial charge in [0.25, 0.3) is 0 Å². The summed E-state index contributed by atoms with van der Waals surface area (Å²) in [6, 6.07) is 5.13. The van der Waals surface area contributed by atoms with Crippen LogP contribution in [0, 0.1) is 11.2 Å². The maximum absolute atomic E-state index is 13.6. The molecule has 1 fully saturated rings. The molecule has 1 saturated carbocycles. The Balaban J connectivity index is 2.15. The second kappa shape index (κ2) is 4.25. The van der Waals surface area contributed by atoms with Gasteiger partial charge in [0.05, 0.1) is 5.69 Å². The first-order valence-corrected chi connectivity index (χ1v) is 6.08. The van der Waals surface area contributed by atoms with Crippen LogP contribution in [-0.4, -0.2) is 6.04 Å². The summed E-state index contributed by atoms with van der Waals surface area (Å²) < 4.78 is 13.6. The van der Waals surface area contributed by atoms with Crippen molar-refractivity contribution in [3.63, 3.8) is 0 Å². The molecule has 0 saturated heterocycles. The van der Waals surface area contributed by atoms with E-state index < -0.39 is 0 Å². The van der Waals surface area contributed by atoms with Crippen LogP contribution >= 0.6 is 11.6 Å². The van der Waals surface area contributed by atoms with Crippen molar-refractivity contribution < 1.29 is 4.39 Å². The predicted octanol–water partition coefficient (Wildman–Crippen LogP) is 4.47. The highest BCUT2D eigenvalue weighted by molar-refractivity contribution is 6.30. The molecule has 1 aliphatic rings. The van der Waals surface area contributed by atoms with Gasteiger partial charge >= 0.3 is 0 Å². The first-order chi connectivity index (χ1) is 7.49. The van der Waals surface area contributed by atoms with Gasteiger partial charge < -0.3 is 5.32 Å². The SMILES string of the molecule is CC1(C)CCCC1Nc1ccc(Cl)cc1F. The van der Waals surface area contributed by atoms with Gasteiger partial charge in [-0.05, 0) is 36.5 Å². The first-order valence-electron chi connectivity index (χ1n) is 5.71. The molecular weight excluding hydrogens is 225 g/mol. The van der Waals surface area contributed by atoms with Crippen LogP contribution in [0.3, 0.4) is 0 Å². The molecule has 1 N–H and O–H groups in total. The standard InChI is InChI=1S/C13H17ClFN/c1-13(2)7-3-4-12(13)16-11-6-5-9(14)8-10(11)15/h5-6,8,12,16H,3-4,7H2,1-2H3. The number of nitrogens with one attached hydrogen (secondary N) is 1. The van der Waals surface area contributed by atoms with Gasteiger partial charge in [0, 0.05) is 11.1 Å². The highest BCUT2D eigenvalue weighted by Gasteiger charge is 2.34. The average molecular weight is 242 g/mol. The number of hydrogen-bond donors (Lipinski definition) is 1. The van der Waals surface area contributed by atoms with E-state index in [2.05, 4.69) is 19.2 Å². The van der Waals surface area contributed by atoms with E-state index in [0.717, 1.165) is 6.42 Å². The smallest absolute Gasteiger partial charge is 0.147 e. The quantitative estimate of drug-likeness (QED) is 0.806. The van der Waals surface area contributed by atoms with Gasteiger partial charge in [-0.1, -0.05) is 31.9 Å². The molecular formula is C13H17ClFN. The maximum Gasteiger partial charge on any atom is 0.147 e. The molecule has 0 aromatic heterocycles. The zero-order valence-corrected chi connectivity index (χ0v) is 10.4. The lowest BCUT2D eigenvalue weighted by Crippen LogP contribution is -2.31. The van der Waals surface area contributed by atoms with Crippen molar-refractivity contribution in [1.82, 2.24) is 0 Å². The van der Waals surface area contributed by atoms with Crippen LogP contribution in [0.5, 0.6) is 0 Å². The van der Waals surface area contributed by atoms with Crippen LogP contribution in [0.2, 0.25) is 5.02 Å². The monoisotopic (exact) mass is 241 g/mol. The Morgan fingerprint density at radius 3 is 2.75 bits per heavy atom. The molecule has 1 aromatic rings. The Labute approximate surface area is 101 Å². The second-order valence-electron chi connectivity index (χ2n) is 5.20. The first kappa shape index (κ1) is 11.7. The molecule has 3 heteroatoms. The lowest BCUT2D eigenvalue weighted by atomic mass is 9.87. The molecule has 88 valence electrons. The zero-order chi connectivity index (χ0) is 11.8.